The van der Waals surface area contributed by atoms with Gasteiger partial charge in [0, 0.05) is 7.05 Å². The van der Waals surface area contributed by atoms with Crippen LogP contribution in [0.25, 0.3) is 0 Å². The van der Waals surface area contributed by atoms with Gasteiger partial charge in [-0.1, -0.05) is 12.1 Å². The van der Waals surface area contributed by atoms with Gasteiger partial charge in [-0.15, -0.1) is 0 Å². The van der Waals surface area contributed by atoms with E-state index in [2.05, 4.69) is 0 Å². The standard InChI is InChI=1S/C15H16FNO3/c1-11(13-8-5-9-19-13)17(2)15(18)10-20-14-7-4-3-6-12(14)16/h3-9,11H,10H2,1-2H3. The van der Waals surface area contributed by atoms with E-state index >= 15 is 0 Å². The van der Waals surface area contributed by atoms with Crippen molar-refractivity contribution in [3.8, 4) is 5.75 Å². The molecule has 2 rings (SSSR count). The van der Waals surface area contributed by atoms with Crippen molar-refractivity contribution in [2.75, 3.05) is 13.7 Å². The number of ether oxygens (including phenoxy) is 1. The fraction of sp³-hybridized carbons (Fsp3) is 0.267. The van der Waals surface area contributed by atoms with Crippen molar-refractivity contribution < 1.29 is 18.3 Å². The highest BCUT2D eigenvalue weighted by Crippen LogP contribution is 2.20. The number of amides is 1. The average molecular weight is 277 g/mol. The maximum absolute atomic E-state index is 13.4. The molecule has 5 heteroatoms. The third-order valence-corrected chi connectivity index (χ3v) is 3.12. The molecular weight excluding hydrogens is 261 g/mol. The molecule has 0 aliphatic heterocycles. The van der Waals surface area contributed by atoms with Crippen LogP contribution in [-0.2, 0) is 4.79 Å². The van der Waals surface area contributed by atoms with Crippen molar-refractivity contribution >= 4 is 5.91 Å². The first-order valence-electron chi connectivity index (χ1n) is 6.26. The van der Waals surface area contributed by atoms with Gasteiger partial charge in [-0.3, -0.25) is 4.79 Å². The Hall–Kier alpha value is -2.30. The highest BCUT2D eigenvalue weighted by molar-refractivity contribution is 5.77. The van der Waals surface area contributed by atoms with Crippen molar-refractivity contribution in [1.82, 2.24) is 4.90 Å². The normalized spacial score (nSPS) is 11.9. The minimum atomic E-state index is -0.484. The van der Waals surface area contributed by atoms with E-state index in [-0.39, 0.29) is 24.3 Å². The second kappa shape index (κ2) is 6.23. The van der Waals surface area contributed by atoms with Gasteiger partial charge < -0.3 is 14.1 Å². The first-order valence-corrected chi connectivity index (χ1v) is 6.26. The van der Waals surface area contributed by atoms with Crippen LogP contribution >= 0.6 is 0 Å². The fourth-order valence-electron chi connectivity index (χ4n) is 1.74. The molecule has 0 aliphatic carbocycles. The molecule has 1 amide bonds. The first-order chi connectivity index (χ1) is 9.59. The summed E-state index contributed by atoms with van der Waals surface area (Å²) >= 11 is 0. The number of rotatable bonds is 5. The topological polar surface area (TPSA) is 42.7 Å². The number of carbonyl (C=O) groups is 1. The Bertz CT molecular complexity index is 568. The summed E-state index contributed by atoms with van der Waals surface area (Å²) in [5.74, 6) is 0.0193. The molecule has 1 heterocycles. The number of hydrogen-bond acceptors (Lipinski definition) is 3. The average Bonchev–Trinajstić information content (AvgIpc) is 2.98. The number of benzene rings is 1. The molecule has 0 saturated carbocycles. The lowest BCUT2D eigenvalue weighted by Gasteiger charge is -2.23. The van der Waals surface area contributed by atoms with Crippen LogP contribution in [-0.4, -0.2) is 24.5 Å². The summed E-state index contributed by atoms with van der Waals surface area (Å²) in [4.78, 5) is 13.5. The van der Waals surface area contributed by atoms with Gasteiger partial charge in [0.05, 0.1) is 12.3 Å². The minimum absolute atomic E-state index is 0.0694. The molecule has 2 aromatic rings. The van der Waals surface area contributed by atoms with Crippen molar-refractivity contribution in [2.45, 2.75) is 13.0 Å². The number of hydrogen-bond donors (Lipinski definition) is 0. The third-order valence-electron chi connectivity index (χ3n) is 3.12. The van der Waals surface area contributed by atoms with Crippen LogP contribution in [0.4, 0.5) is 4.39 Å². The SMILES string of the molecule is CC(c1ccco1)N(C)C(=O)COc1ccccc1F. The minimum Gasteiger partial charge on any atom is -0.481 e. The van der Waals surface area contributed by atoms with E-state index < -0.39 is 5.82 Å². The smallest absolute Gasteiger partial charge is 0.260 e. The van der Waals surface area contributed by atoms with Crippen LogP contribution in [0.5, 0.6) is 5.75 Å². The van der Waals surface area contributed by atoms with Gasteiger partial charge in [0.15, 0.2) is 18.2 Å². The van der Waals surface area contributed by atoms with E-state index in [0.717, 1.165) is 0 Å². The van der Waals surface area contributed by atoms with Crippen molar-refractivity contribution in [3.63, 3.8) is 0 Å². The Morgan fingerprint density at radius 2 is 2.10 bits per heavy atom. The Morgan fingerprint density at radius 3 is 2.75 bits per heavy atom. The predicted molar refractivity (Wildman–Crippen MR) is 71.8 cm³/mol. The molecule has 0 saturated heterocycles. The van der Waals surface area contributed by atoms with Gasteiger partial charge in [0.25, 0.3) is 5.91 Å². The van der Waals surface area contributed by atoms with Gasteiger partial charge in [0.1, 0.15) is 5.76 Å². The van der Waals surface area contributed by atoms with Gasteiger partial charge in [0.2, 0.25) is 0 Å². The second-order valence-electron chi connectivity index (χ2n) is 4.42. The Balaban J connectivity index is 1.93. The summed E-state index contributed by atoms with van der Waals surface area (Å²) in [6.45, 7) is 1.63. The second-order valence-corrected chi connectivity index (χ2v) is 4.42. The molecule has 0 fully saturated rings. The molecule has 1 aromatic carbocycles. The molecular formula is C15H16FNO3. The van der Waals surface area contributed by atoms with Crippen molar-refractivity contribution in [2.24, 2.45) is 0 Å². The lowest BCUT2D eigenvalue weighted by Crippen LogP contribution is -2.33. The van der Waals surface area contributed by atoms with Gasteiger partial charge >= 0.3 is 0 Å². The summed E-state index contributed by atoms with van der Waals surface area (Å²) in [5.41, 5.74) is 0. The zero-order valence-corrected chi connectivity index (χ0v) is 11.4. The predicted octanol–water partition coefficient (Wildman–Crippen LogP) is 3.02. The largest absolute Gasteiger partial charge is 0.481 e. The number of likely N-dealkylation sites (N-methyl/N-ethyl adjacent to an activating group) is 1. The summed E-state index contributed by atoms with van der Waals surface area (Å²) in [5, 5.41) is 0. The Labute approximate surface area is 116 Å². The zero-order valence-electron chi connectivity index (χ0n) is 11.4. The number of halogens is 1. The van der Waals surface area contributed by atoms with E-state index in [1.807, 2.05) is 6.92 Å². The van der Waals surface area contributed by atoms with Crippen molar-refractivity contribution in [1.29, 1.82) is 0 Å². The molecule has 1 unspecified atom stereocenters. The van der Waals surface area contributed by atoms with Crippen molar-refractivity contribution in [3.05, 3.63) is 54.2 Å². The number of furan rings is 1. The Morgan fingerprint density at radius 1 is 1.35 bits per heavy atom. The molecule has 0 radical (unpaired) electrons. The number of nitrogens with zero attached hydrogens (tertiary/aromatic N) is 1. The van der Waals surface area contributed by atoms with Gasteiger partial charge in [-0.2, -0.15) is 0 Å². The Kier molecular flexibility index (Phi) is 4.40. The van der Waals surface area contributed by atoms with Gasteiger partial charge in [-0.25, -0.2) is 4.39 Å². The van der Waals surface area contributed by atoms with Crippen LogP contribution in [0, 0.1) is 5.82 Å². The van der Waals surface area contributed by atoms with Crippen LogP contribution in [0.2, 0.25) is 0 Å². The highest BCUT2D eigenvalue weighted by Gasteiger charge is 2.20. The summed E-state index contributed by atoms with van der Waals surface area (Å²) in [7, 11) is 1.65. The maximum Gasteiger partial charge on any atom is 0.260 e. The lowest BCUT2D eigenvalue weighted by atomic mass is 10.2. The van der Waals surface area contributed by atoms with E-state index in [1.54, 1.807) is 37.6 Å². The van der Waals surface area contributed by atoms with Gasteiger partial charge in [-0.05, 0) is 31.2 Å². The maximum atomic E-state index is 13.4. The molecule has 106 valence electrons. The van der Waals surface area contributed by atoms with Crippen LogP contribution in [0.15, 0.2) is 47.1 Å². The third kappa shape index (κ3) is 3.17. The highest BCUT2D eigenvalue weighted by atomic mass is 19.1. The van der Waals surface area contributed by atoms with E-state index in [4.69, 9.17) is 9.15 Å². The monoisotopic (exact) mass is 277 g/mol. The molecule has 0 bridgehead atoms. The molecule has 0 N–H and O–H groups in total. The summed E-state index contributed by atoms with van der Waals surface area (Å²) < 4.78 is 23.8. The summed E-state index contributed by atoms with van der Waals surface area (Å²) in [6, 6.07) is 9.34. The van der Waals surface area contributed by atoms with E-state index in [9.17, 15) is 9.18 Å². The lowest BCUT2D eigenvalue weighted by molar-refractivity contribution is -0.134. The summed E-state index contributed by atoms with van der Waals surface area (Å²) in [6.07, 6.45) is 1.56. The molecule has 1 atom stereocenters. The number of carbonyl (C=O) groups excluding carboxylic acids is 1. The zero-order chi connectivity index (χ0) is 14.5. The molecule has 20 heavy (non-hydrogen) atoms. The van der Waals surface area contributed by atoms with E-state index in [0.29, 0.717) is 5.76 Å². The van der Waals surface area contributed by atoms with Crippen LogP contribution in [0.1, 0.15) is 18.7 Å². The van der Waals surface area contributed by atoms with Crippen LogP contribution < -0.4 is 4.74 Å². The quantitative estimate of drug-likeness (QED) is 0.843. The fourth-order valence-corrected chi connectivity index (χ4v) is 1.74. The number of para-hydroxylation sites is 1. The molecule has 1 aromatic heterocycles. The first kappa shape index (κ1) is 14.1. The molecule has 0 aliphatic rings. The van der Waals surface area contributed by atoms with E-state index in [1.165, 1.54) is 17.0 Å². The molecule has 4 nitrogen and oxygen atoms in total. The van der Waals surface area contributed by atoms with Crippen LogP contribution in [0.3, 0.4) is 0 Å². The molecule has 0 spiro atoms.